The zero-order chi connectivity index (χ0) is 20.8. The van der Waals surface area contributed by atoms with Crippen molar-refractivity contribution in [1.29, 1.82) is 0 Å². The first-order chi connectivity index (χ1) is 14.7. The minimum absolute atomic E-state index is 0. The van der Waals surface area contributed by atoms with Crippen molar-refractivity contribution in [1.82, 2.24) is 20.0 Å². The Kier molecular flexibility index (Phi) is 8.16. The number of benzene rings is 2. The number of hydrogen-bond acceptors (Lipinski definition) is 4. The topological polar surface area (TPSA) is 68.9 Å². The van der Waals surface area contributed by atoms with E-state index in [9.17, 15) is 5.11 Å². The van der Waals surface area contributed by atoms with Crippen LogP contribution in [0.1, 0.15) is 11.1 Å². The molecule has 164 valence electrons. The number of nitrogens with one attached hydrogen (secondary N) is 1. The summed E-state index contributed by atoms with van der Waals surface area (Å²) in [7, 11) is 1.83. The molecule has 2 N–H and O–H groups in total. The smallest absolute Gasteiger partial charge is 0.194 e. The lowest BCUT2D eigenvalue weighted by molar-refractivity contribution is 0.369. The number of rotatable bonds is 5. The number of piperazine rings is 1. The van der Waals surface area contributed by atoms with Gasteiger partial charge in [0.15, 0.2) is 5.96 Å². The van der Waals surface area contributed by atoms with Gasteiger partial charge in [-0.2, -0.15) is 5.10 Å². The number of phenolic OH excluding ortho intramolecular Hbond substituents is 1. The van der Waals surface area contributed by atoms with Crippen molar-refractivity contribution < 1.29 is 5.11 Å². The Labute approximate surface area is 200 Å². The zero-order valence-electron chi connectivity index (χ0n) is 17.7. The highest BCUT2D eigenvalue weighted by molar-refractivity contribution is 14.0. The van der Waals surface area contributed by atoms with Gasteiger partial charge in [0.1, 0.15) is 5.75 Å². The predicted molar refractivity (Wildman–Crippen MR) is 135 cm³/mol. The molecule has 0 aliphatic carbocycles. The highest BCUT2D eigenvalue weighted by Gasteiger charge is 2.21. The second kappa shape index (κ2) is 11.0. The number of nitrogens with zero attached hydrogens (tertiary/aromatic N) is 5. The Morgan fingerprint density at radius 1 is 1.00 bits per heavy atom. The van der Waals surface area contributed by atoms with Gasteiger partial charge in [0.2, 0.25) is 0 Å². The number of aromatic hydroxyl groups is 1. The summed E-state index contributed by atoms with van der Waals surface area (Å²) in [6.07, 6.45) is 3.78. The summed E-state index contributed by atoms with van der Waals surface area (Å²) in [5, 5.41) is 18.0. The second-order valence-corrected chi connectivity index (χ2v) is 7.34. The van der Waals surface area contributed by atoms with Crippen LogP contribution in [-0.2, 0) is 13.1 Å². The van der Waals surface area contributed by atoms with Crippen LogP contribution in [0.5, 0.6) is 5.75 Å². The molecule has 0 saturated carbocycles. The highest BCUT2D eigenvalue weighted by atomic mass is 127. The first kappa shape index (κ1) is 22.9. The maximum atomic E-state index is 10.1. The van der Waals surface area contributed by atoms with Gasteiger partial charge in [0.05, 0.1) is 12.2 Å². The molecule has 2 aromatic carbocycles. The molecule has 0 unspecified atom stereocenters. The summed E-state index contributed by atoms with van der Waals surface area (Å²) in [6, 6.07) is 17.9. The van der Waals surface area contributed by atoms with E-state index in [4.69, 9.17) is 0 Å². The van der Waals surface area contributed by atoms with Crippen molar-refractivity contribution in [3.05, 3.63) is 78.1 Å². The first-order valence-corrected chi connectivity index (χ1v) is 10.3. The van der Waals surface area contributed by atoms with Crippen molar-refractivity contribution in [3.8, 4) is 5.75 Å². The van der Waals surface area contributed by atoms with E-state index in [0.29, 0.717) is 12.3 Å². The molecule has 31 heavy (non-hydrogen) atoms. The van der Waals surface area contributed by atoms with Crippen molar-refractivity contribution in [3.63, 3.8) is 0 Å². The van der Waals surface area contributed by atoms with Gasteiger partial charge in [-0.15, -0.1) is 24.0 Å². The number of aromatic nitrogens is 2. The van der Waals surface area contributed by atoms with E-state index in [1.54, 1.807) is 12.3 Å². The van der Waals surface area contributed by atoms with E-state index < -0.39 is 0 Å². The Hall–Kier alpha value is -2.75. The molecule has 2 heterocycles. The molecular weight excluding hydrogens is 503 g/mol. The summed E-state index contributed by atoms with van der Waals surface area (Å²) in [5.41, 5.74) is 3.38. The quantitative estimate of drug-likeness (QED) is 0.300. The third kappa shape index (κ3) is 5.69. The van der Waals surface area contributed by atoms with E-state index in [2.05, 4.69) is 49.5 Å². The van der Waals surface area contributed by atoms with Crippen molar-refractivity contribution >= 4 is 35.6 Å². The lowest BCUT2D eigenvalue weighted by Crippen LogP contribution is -2.52. The summed E-state index contributed by atoms with van der Waals surface area (Å²) >= 11 is 0. The molecule has 1 aliphatic rings. The van der Waals surface area contributed by atoms with Crippen LogP contribution in [0.2, 0.25) is 0 Å². The second-order valence-electron chi connectivity index (χ2n) is 7.34. The third-order valence-corrected chi connectivity index (χ3v) is 5.46. The minimum Gasteiger partial charge on any atom is -0.506 e. The molecule has 0 bridgehead atoms. The maximum Gasteiger partial charge on any atom is 0.194 e. The Morgan fingerprint density at radius 2 is 1.71 bits per heavy atom. The van der Waals surface area contributed by atoms with E-state index in [1.807, 2.05) is 42.2 Å². The van der Waals surface area contributed by atoms with E-state index in [0.717, 1.165) is 44.4 Å². The zero-order valence-corrected chi connectivity index (χ0v) is 20.0. The maximum absolute atomic E-state index is 10.1. The van der Waals surface area contributed by atoms with Gasteiger partial charge < -0.3 is 20.2 Å². The summed E-state index contributed by atoms with van der Waals surface area (Å²) in [5.74, 6) is 1.24. The number of guanidine groups is 1. The normalized spacial score (nSPS) is 14.3. The number of anilines is 1. The van der Waals surface area contributed by atoms with E-state index in [-0.39, 0.29) is 24.0 Å². The van der Waals surface area contributed by atoms with Crippen LogP contribution < -0.4 is 10.2 Å². The molecule has 0 radical (unpaired) electrons. The predicted octanol–water partition coefficient (Wildman–Crippen LogP) is 3.15. The highest BCUT2D eigenvalue weighted by Crippen LogP contribution is 2.27. The molecule has 7 nitrogen and oxygen atoms in total. The molecule has 3 aromatic rings. The molecule has 1 aromatic heterocycles. The molecule has 1 fully saturated rings. The van der Waals surface area contributed by atoms with Crippen LogP contribution in [0, 0.1) is 0 Å². The van der Waals surface area contributed by atoms with Crippen molar-refractivity contribution in [2.45, 2.75) is 13.1 Å². The van der Waals surface area contributed by atoms with Crippen LogP contribution in [0.15, 0.2) is 72.0 Å². The van der Waals surface area contributed by atoms with Gasteiger partial charge in [-0.25, -0.2) is 0 Å². The Bertz CT molecular complexity index is 983. The molecule has 4 rings (SSSR count). The fraction of sp³-hybridized carbons (Fsp3) is 0.304. The first-order valence-electron chi connectivity index (χ1n) is 10.3. The van der Waals surface area contributed by atoms with Crippen LogP contribution >= 0.6 is 24.0 Å². The van der Waals surface area contributed by atoms with Crippen molar-refractivity contribution in [2.24, 2.45) is 4.99 Å². The largest absolute Gasteiger partial charge is 0.506 e. The van der Waals surface area contributed by atoms with Crippen LogP contribution in [0.3, 0.4) is 0 Å². The molecular formula is C23H29IN6O. The van der Waals surface area contributed by atoms with Gasteiger partial charge in [0.25, 0.3) is 0 Å². The van der Waals surface area contributed by atoms with Gasteiger partial charge >= 0.3 is 0 Å². The molecule has 0 atom stereocenters. The van der Waals surface area contributed by atoms with Crippen molar-refractivity contribution in [2.75, 3.05) is 38.1 Å². The number of aliphatic imine (C=N–C) groups is 1. The third-order valence-electron chi connectivity index (χ3n) is 5.46. The van der Waals surface area contributed by atoms with E-state index >= 15 is 0 Å². The number of para-hydroxylation sites is 2. The molecule has 0 amide bonds. The van der Waals surface area contributed by atoms with Gasteiger partial charge in [-0.1, -0.05) is 36.4 Å². The number of hydrogen-bond donors (Lipinski definition) is 2. The molecule has 1 aliphatic heterocycles. The summed E-state index contributed by atoms with van der Waals surface area (Å²) in [6.45, 7) is 4.85. The average Bonchev–Trinajstić information content (AvgIpc) is 3.29. The minimum atomic E-state index is 0. The molecule has 1 saturated heterocycles. The number of phenols is 1. The van der Waals surface area contributed by atoms with Crippen LogP contribution in [0.25, 0.3) is 0 Å². The SMILES string of the molecule is CN=C(NCc1ccccc1Cn1cccn1)N1CCN(c2ccccc2O)CC1.I. The summed E-state index contributed by atoms with van der Waals surface area (Å²) < 4.78 is 1.94. The van der Waals surface area contributed by atoms with Gasteiger partial charge in [-0.3, -0.25) is 9.67 Å². The average molecular weight is 532 g/mol. The van der Waals surface area contributed by atoms with Crippen LogP contribution in [-0.4, -0.2) is 59.0 Å². The lowest BCUT2D eigenvalue weighted by atomic mass is 10.1. The van der Waals surface area contributed by atoms with E-state index in [1.165, 1.54) is 11.1 Å². The fourth-order valence-electron chi connectivity index (χ4n) is 3.85. The molecule has 8 heteroatoms. The summed E-state index contributed by atoms with van der Waals surface area (Å²) in [4.78, 5) is 8.98. The Balaban J connectivity index is 0.00000272. The fourth-order valence-corrected chi connectivity index (χ4v) is 3.85. The Morgan fingerprint density at radius 3 is 2.39 bits per heavy atom. The lowest BCUT2D eigenvalue weighted by Gasteiger charge is -2.37. The van der Waals surface area contributed by atoms with Gasteiger partial charge in [-0.05, 0) is 29.3 Å². The molecule has 0 spiro atoms. The monoisotopic (exact) mass is 532 g/mol. The standard InChI is InChI=1S/C23H28N6O.HI/c1-24-23(28-15-13-27(14-16-28)21-9-4-5-10-22(21)30)25-17-19-7-2-3-8-20(19)18-29-12-6-11-26-29;/h2-12,30H,13-18H2,1H3,(H,24,25);1H. The van der Waals surface area contributed by atoms with Gasteiger partial charge in [0, 0.05) is 52.2 Å². The van der Waals surface area contributed by atoms with Crippen LogP contribution in [0.4, 0.5) is 5.69 Å². The number of halogens is 1.